The van der Waals surface area contributed by atoms with E-state index in [-0.39, 0.29) is 0 Å². The first-order valence-corrected chi connectivity index (χ1v) is 8.62. The molecule has 19 heavy (non-hydrogen) atoms. The van der Waals surface area contributed by atoms with Crippen LogP contribution in [0.3, 0.4) is 0 Å². The van der Waals surface area contributed by atoms with Crippen LogP contribution >= 0.6 is 11.3 Å². The fraction of sp³-hybridized carbons (Fsp3) is 0.750. The lowest BCUT2D eigenvalue weighted by Gasteiger charge is -2.43. The molecule has 0 aromatic carbocycles. The first kappa shape index (κ1) is 15.0. The van der Waals surface area contributed by atoms with Crippen molar-refractivity contribution in [3.63, 3.8) is 0 Å². The SMILES string of the molecule is CCCC1CN(Cc2cccs2)C(C(C)CC)CN1. The Kier molecular flexibility index (Phi) is 5.86. The third-order valence-corrected chi connectivity index (χ3v) is 5.28. The molecule has 1 saturated heterocycles. The molecule has 0 radical (unpaired) electrons. The summed E-state index contributed by atoms with van der Waals surface area (Å²) >= 11 is 1.89. The minimum absolute atomic E-state index is 0.685. The molecule has 0 amide bonds. The van der Waals surface area contributed by atoms with Gasteiger partial charge in [0, 0.05) is 36.6 Å². The van der Waals surface area contributed by atoms with Crippen LogP contribution in [-0.4, -0.2) is 30.1 Å². The molecule has 0 aliphatic carbocycles. The standard InChI is InChI=1S/C16H28N2S/c1-4-7-14-11-18(12-15-8-6-9-19-15)16(10-17-14)13(3)5-2/h6,8-9,13-14,16-17H,4-5,7,10-12H2,1-3H3. The summed E-state index contributed by atoms with van der Waals surface area (Å²) in [5.74, 6) is 0.773. The number of hydrogen-bond donors (Lipinski definition) is 1. The number of piperazine rings is 1. The molecule has 0 spiro atoms. The Morgan fingerprint density at radius 2 is 2.32 bits per heavy atom. The van der Waals surface area contributed by atoms with E-state index in [0.717, 1.165) is 19.0 Å². The summed E-state index contributed by atoms with van der Waals surface area (Å²) in [5, 5.41) is 5.95. The van der Waals surface area contributed by atoms with Crippen molar-refractivity contribution in [2.75, 3.05) is 13.1 Å². The highest BCUT2D eigenvalue weighted by Crippen LogP contribution is 2.23. The molecule has 3 atom stereocenters. The molecule has 1 aromatic rings. The summed E-state index contributed by atoms with van der Waals surface area (Å²) in [4.78, 5) is 4.22. The van der Waals surface area contributed by atoms with E-state index in [4.69, 9.17) is 0 Å². The molecule has 3 unspecified atom stereocenters. The summed E-state index contributed by atoms with van der Waals surface area (Å²) in [6.07, 6.45) is 3.85. The Labute approximate surface area is 122 Å². The first-order valence-electron chi connectivity index (χ1n) is 7.74. The van der Waals surface area contributed by atoms with E-state index >= 15 is 0 Å². The molecule has 108 valence electrons. The van der Waals surface area contributed by atoms with Crippen molar-refractivity contribution in [2.45, 2.75) is 58.7 Å². The van der Waals surface area contributed by atoms with E-state index in [1.807, 2.05) is 11.3 Å². The molecule has 0 saturated carbocycles. The zero-order valence-corrected chi connectivity index (χ0v) is 13.4. The number of thiophene rings is 1. The highest BCUT2D eigenvalue weighted by atomic mass is 32.1. The van der Waals surface area contributed by atoms with Gasteiger partial charge in [-0.15, -0.1) is 11.3 Å². The van der Waals surface area contributed by atoms with E-state index in [9.17, 15) is 0 Å². The van der Waals surface area contributed by atoms with Crippen LogP contribution in [0.5, 0.6) is 0 Å². The van der Waals surface area contributed by atoms with Crippen molar-refractivity contribution in [2.24, 2.45) is 5.92 Å². The second kappa shape index (κ2) is 7.41. The maximum atomic E-state index is 3.76. The van der Waals surface area contributed by atoms with Crippen LogP contribution in [0.2, 0.25) is 0 Å². The predicted octanol–water partition coefficient (Wildman–Crippen LogP) is 3.74. The Balaban J connectivity index is 2.02. The average molecular weight is 280 g/mol. The van der Waals surface area contributed by atoms with Gasteiger partial charge in [0.05, 0.1) is 0 Å². The van der Waals surface area contributed by atoms with Gasteiger partial charge in [-0.05, 0) is 23.8 Å². The van der Waals surface area contributed by atoms with E-state index < -0.39 is 0 Å². The summed E-state index contributed by atoms with van der Waals surface area (Å²) < 4.78 is 0. The van der Waals surface area contributed by atoms with Gasteiger partial charge in [-0.3, -0.25) is 4.90 Å². The van der Waals surface area contributed by atoms with E-state index in [1.54, 1.807) is 0 Å². The first-order chi connectivity index (χ1) is 9.24. The molecular weight excluding hydrogens is 252 g/mol. The number of hydrogen-bond acceptors (Lipinski definition) is 3. The van der Waals surface area contributed by atoms with Gasteiger partial charge in [0.25, 0.3) is 0 Å². The number of rotatable bonds is 6. The van der Waals surface area contributed by atoms with Gasteiger partial charge in [0.15, 0.2) is 0 Å². The quantitative estimate of drug-likeness (QED) is 0.854. The zero-order chi connectivity index (χ0) is 13.7. The van der Waals surface area contributed by atoms with Gasteiger partial charge in [-0.2, -0.15) is 0 Å². The molecule has 0 bridgehead atoms. The van der Waals surface area contributed by atoms with Crippen molar-refractivity contribution >= 4 is 11.3 Å². The third kappa shape index (κ3) is 4.04. The summed E-state index contributed by atoms with van der Waals surface area (Å²) in [7, 11) is 0. The molecule has 3 heteroatoms. The van der Waals surface area contributed by atoms with Crippen molar-refractivity contribution in [3.05, 3.63) is 22.4 Å². The second-order valence-corrected chi connectivity index (χ2v) is 6.89. The molecule has 1 fully saturated rings. The summed E-state index contributed by atoms with van der Waals surface area (Å²) in [5.41, 5.74) is 0. The largest absolute Gasteiger partial charge is 0.311 e. The molecule has 1 aliphatic heterocycles. The van der Waals surface area contributed by atoms with Gasteiger partial charge in [-0.1, -0.05) is 39.7 Å². The molecule has 1 aliphatic rings. The minimum atomic E-state index is 0.685. The third-order valence-electron chi connectivity index (χ3n) is 4.42. The minimum Gasteiger partial charge on any atom is -0.311 e. The summed E-state index contributed by atoms with van der Waals surface area (Å²) in [6.45, 7) is 10.5. The van der Waals surface area contributed by atoms with E-state index in [0.29, 0.717) is 12.1 Å². The van der Waals surface area contributed by atoms with Crippen LogP contribution in [0, 0.1) is 5.92 Å². The van der Waals surface area contributed by atoms with Crippen LogP contribution < -0.4 is 5.32 Å². The van der Waals surface area contributed by atoms with Crippen LogP contribution in [-0.2, 0) is 6.54 Å². The lowest BCUT2D eigenvalue weighted by molar-refractivity contribution is 0.0828. The Morgan fingerprint density at radius 1 is 1.47 bits per heavy atom. The van der Waals surface area contributed by atoms with Crippen molar-refractivity contribution in [1.29, 1.82) is 0 Å². The van der Waals surface area contributed by atoms with Crippen LogP contribution in [0.25, 0.3) is 0 Å². The maximum Gasteiger partial charge on any atom is 0.0332 e. The Bertz CT molecular complexity index is 350. The number of nitrogens with zero attached hydrogens (tertiary/aromatic N) is 1. The van der Waals surface area contributed by atoms with Gasteiger partial charge in [0.2, 0.25) is 0 Å². The zero-order valence-electron chi connectivity index (χ0n) is 12.6. The fourth-order valence-electron chi connectivity index (χ4n) is 3.06. The normalized spacial score (nSPS) is 26.5. The monoisotopic (exact) mass is 280 g/mol. The molecular formula is C16H28N2S. The second-order valence-electron chi connectivity index (χ2n) is 5.86. The smallest absolute Gasteiger partial charge is 0.0332 e. The van der Waals surface area contributed by atoms with Gasteiger partial charge in [-0.25, -0.2) is 0 Å². The summed E-state index contributed by atoms with van der Waals surface area (Å²) in [6, 6.07) is 5.82. The van der Waals surface area contributed by atoms with Gasteiger partial charge < -0.3 is 5.32 Å². The topological polar surface area (TPSA) is 15.3 Å². The fourth-order valence-corrected chi connectivity index (χ4v) is 3.79. The molecule has 2 heterocycles. The molecule has 1 aromatic heterocycles. The van der Waals surface area contributed by atoms with E-state index in [2.05, 4.69) is 48.5 Å². The lowest BCUT2D eigenvalue weighted by atomic mass is 9.93. The number of nitrogens with one attached hydrogen (secondary N) is 1. The lowest BCUT2D eigenvalue weighted by Crippen LogP contribution is -2.57. The van der Waals surface area contributed by atoms with Gasteiger partial charge >= 0.3 is 0 Å². The Morgan fingerprint density at radius 3 is 2.95 bits per heavy atom. The van der Waals surface area contributed by atoms with Crippen molar-refractivity contribution < 1.29 is 0 Å². The predicted molar refractivity (Wildman–Crippen MR) is 84.7 cm³/mol. The Hall–Kier alpha value is -0.380. The average Bonchev–Trinajstić information content (AvgIpc) is 2.91. The van der Waals surface area contributed by atoms with Gasteiger partial charge in [0.1, 0.15) is 0 Å². The van der Waals surface area contributed by atoms with Crippen LogP contribution in [0.4, 0.5) is 0 Å². The molecule has 2 nitrogen and oxygen atoms in total. The van der Waals surface area contributed by atoms with Crippen molar-refractivity contribution in [1.82, 2.24) is 10.2 Å². The van der Waals surface area contributed by atoms with Crippen molar-refractivity contribution in [3.8, 4) is 0 Å². The van der Waals surface area contributed by atoms with Crippen LogP contribution in [0.1, 0.15) is 44.9 Å². The highest BCUT2D eigenvalue weighted by Gasteiger charge is 2.30. The van der Waals surface area contributed by atoms with E-state index in [1.165, 1.54) is 30.7 Å². The highest BCUT2D eigenvalue weighted by molar-refractivity contribution is 7.09. The maximum absolute atomic E-state index is 3.76. The molecule has 2 rings (SSSR count). The van der Waals surface area contributed by atoms with Crippen LogP contribution in [0.15, 0.2) is 17.5 Å². The molecule has 1 N–H and O–H groups in total.